The van der Waals surface area contributed by atoms with Gasteiger partial charge in [0.25, 0.3) is 0 Å². The van der Waals surface area contributed by atoms with Gasteiger partial charge in [0.2, 0.25) is 0 Å². The largest absolute Gasteiger partial charge is 0.304 e. The molecule has 1 fully saturated rings. The van der Waals surface area contributed by atoms with E-state index in [0.29, 0.717) is 0 Å². The molecular weight excluding hydrogens is 230 g/mol. The highest BCUT2D eigenvalue weighted by Gasteiger charge is 2.19. The zero-order valence-corrected chi connectivity index (χ0v) is 11.7. The van der Waals surface area contributed by atoms with Crippen LogP contribution in [0.1, 0.15) is 51.8 Å². The van der Waals surface area contributed by atoms with Crippen LogP contribution in [0.5, 0.6) is 0 Å². The molecular formula is C13H23N3S. The number of aromatic amines is 1. The SMILES string of the molecule is CCc1n[nH]c(=S)n1CCC1CCCC(C)C1. The molecule has 3 nitrogen and oxygen atoms in total. The topological polar surface area (TPSA) is 33.6 Å². The van der Waals surface area contributed by atoms with E-state index in [1.807, 2.05) is 0 Å². The summed E-state index contributed by atoms with van der Waals surface area (Å²) in [7, 11) is 0. The van der Waals surface area contributed by atoms with Crippen LogP contribution in [0, 0.1) is 16.6 Å². The maximum Gasteiger partial charge on any atom is 0.195 e. The summed E-state index contributed by atoms with van der Waals surface area (Å²) < 4.78 is 2.96. The Hall–Kier alpha value is -0.640. The first kappa shape index (κ1) is 12.8. The van der Waals surface area contributed by atoms with Crippen molar-refractivity contribution in [3.8, 4) is 0 Å². The average molecular weight is 253 g/mol. The Morgan fingerprint density at radius 2 is 2.29 bits per heavy atom. The van der Waals surface area contributed by atoms with E-state index >= 15 is 0 Å². The summed E-state index contributed by atoms with van der Waals surface area (Å²) in [6.45, 7) is 5.55. The molecule has 0 amide bonds. The van der Waals surface area contributed by atoms with E-state index < -0.39 is 0 Å². The summed E-state index contributed by atoms with van der Waals surface area (Å²) in [5, 5.41) is 7.16. The zero-order valence-electron chi connectivity index (χ0n) is 10.9. The van der Waals surface area contributed by atoms with Gasteiger partial charge in [-0.3, -0.25) is 5.10 Å². The number of rotatable bonds is 4. The molecule has 0 aliphatic heterocycles. The van der Waals surface area contributed by atoms with Crippen molar-refractivity contribution in [1.29, 1.82) is 0 Å². The summed E-state index contributed by atoms with van der Waals surface area (Å²) in [4.78, 5) is 0. The third kappa shape index (κ3) is 3.18. The predicted molar refractivity (Wildman–Crippen MR) is 72.5 cm³/mol. The average Bonchev–Trinajstić information content (AvgIpc) is 2.67. The Morgan fingerprint density at radius 3 is 3.00 bits per heavy atom. The van der Waals surface area contributed by atoms with Gasteiger partial charge < -0.3 is 4.57 Å². The predicted octanol–water partition coefficient (Wildman–Crippen LogP) is 3.72. The van der Waals surface area contributed by atoms with Crippen molar-refractivity contribution in [1.82, 2.24) is 14.8 Å². The maximum atomic E-state index is 5.27. The number of aryl methyl sites for hydroxylation is 1. The van der Waals surface area contributed by atoms with Crippen molar-refractivity contribution in [3.63, 3.8) is 0 Å². The lowest BCUT2D eigenvalue weighted by Gasteiger charge is -2.26. The van der Waals surface area contributed by atoms with Gasteiger partial charge in [0, 0.05) is 13.0 Å². The zero-order chi connectivity index (χ0) is 12.3. The van der Waals surface area contributed by atoms with Gasteiger partial charge in [0.1, 0.15) is 5.82 Å². The van der Waals surface area contributed by atoms with Crippen LogP contribution in [-0.4, -0.2) is 14.8 Å². The smallest absolute Gasteiger partial charge is 0.195 e. The summed E-state index contributed by atoms with van der Waals surface area (Å²) in [6, 6.07) is 0. The van der Waals surface area contributed by atoms with Gasteiger partial charge in [-0.25, -0.2) is 0 Å². The molecule has 17 heavy (non-hydrogen) atoms. The van der Waals surface area contributed by atoms with E-state index in [-0.39, 0.29) is 0 Å². The molecule has 4 heteroatoms. The van der Waals surface area contributed by atoms with Crippen LogP contribution in [0.4, 0.5) is 0 Å². The molecule has 0 bridgehead atoms. The van der Waals surface area contributed by atoms with Crippen molar-refractivity contribution in [2.75, 3.05) is 0 Å². The van der Waals surface area contributed by atoms with E-state index in [4.69, 9.17) is 12.2 Å². The molecule has 0 radical (unpaired) electrons. The van der Waals surface area contributed by atoms with E-state index in [0.717, 1.165) is 35.4 Å². The number of H-pyrrole nitrogens is 1. The molecule has 2 atom stereocenters. The van der Waals surface area contributed by atoms with E-state index in [9.17, 15) is 0 Å². The fraction of sp³-hybridized carbons (Fsp3) is 0.846. The molecule has 0 aromatic carbocycles. The highest BCUT2D eigenvalue weighted by Crippen LogP contribution is 2.31. The number of nitrogens with one attached hydrogen (secondary N) is 1. The quantitative estimate of drug-likeness (QED) is 0.830. The number of aromatic nitrogens is 3. The third-order valence-electron chi connectivity index (χ3n) is 3.96. The minimum absolute atomic E-state index is 0.783. The first-order valence-corrected chi connectivity index (χ1v) is 7.25. The first-order chi connectivity index (χ1) is 8.20. The lowest BCUT2D eigenvalue weighted by molar-refractivity contribution is 0.260. The van der Waals surface area contributed by atoms with E-state index in [1.165, 1.54) is 32.1 Å². The van der Waals surface area contributed by atoms with Gasteiger partial charge in [0.15, 0.2) is 4.77 Å². The molecule has 0 saturated heterocycles. The van der Waals surface area contributed by atoms with Crippen molar-refractivity contribution >= 4 is 12.2 Å². The van der Waals surface area contributed by atoms with Crippen molar-refractivity contribution in [3.05, 3.63) is 10.6 Å². The normalized spacial score (nSPS) is 25.1. The van der Waals surface area contributed by atoms with Gasteiger partial charge >= 0.3 is 0 Å². The Labute approximate surface area is 109 Å². The fourth-order valence-corrected chi connectivity index (χ4v) is 3.23. The molecule has 1 aromatic rings. The number of nitrogens with zero attached hydrogens (tertiary/aromatic N) is 2. The molecule has 2 unspecified atom stereocenters. The fourth-order valence-electron chi connectivity index (χ4n) is 2.98. The van der Waals surface area contributed by atoms with Gasteiger partial charge in [-0.2, -0.15) is 5.10 Å². The van der Waals surface area contributed by atoms with Crippen LogP contribution in [-0.2, 0) is 13.0 Å². The van der Waals surface area contributed by atoms with Crippen LogP contribution in [0.2, 0.25) is 0 Å². The second kappa shape index (κ2) is 5.80. The van der Waals surface area contributed by atoms with E-state index in [1.54, 1.807) is 0 Å². The van der Waals surface area contributed by atoms with Gasteiger partial charge in [-0.05, 0) is 36.9 Å². The highest BCUT2D eigenvalue weighted by atomic mass is 32.1. The van der Waals surface area contributed by atoms with Crippen LogP contribution in [0.3, 0.4) is 0 Å². The summed E-state index contributed by atoms with van der Waals surface area (Å²) in [5.41, 5.74) is 0. The van der Waals surface area contributed by atoms with Gasteiger partial charge in [-0.1, -0.05) is 33.1 Å². The molecule has 1 aromatic heterocycles. The molecule has 96 valence electrons. The maximum absolute atomic E-state index is 5.27. The second-order valence-corrected chi connectivity index (χ2v) is 5.76. The summed E-state index contributed by atoms with van der Waals surface area (Å²) in [5.74, 6) is 2.90. The molecule has 1 saturated carbocycles. The number of hydrogen-bond acceptors (Lipinski definition) is 2. The standard InChI is InChI=1S/C13H23N3S/c1-3-12-14-15-13(17)16(12)8-7-11-6-4-5-10(2)9-11/h10-11H,3-9H2,1-2H3,(H,15,17). The van der Waals surface area contributed by atoms with Gasteiger partial charge in [-0.15, -0.1) is 0 Å². The summed E-state index contributed by atoms with van der Waals surface area (Å²) in [6.07, 6.45) is 7.83. The molecule has 2 rings (SSSR count). The Bertz CT molecular complexity index is 407. The minimum atomic E-state index is 0.783. The molecule has 1 heterocycles. The number of hydrogen-bond donors (Lipinski definition) is 1. The van der Waals surface area contributed by atoms with Crippen molar-refractivity contribution in [2.24, 2.45) is 11.8 Å². The monoisotopic (exact) mass is 253 g/mol. The summed E-state index contributed by atoms with van der Waals surface area (Å²) >= 11 is 5.27. The minimum Gasteiger partial charge on any atom is -0.304 e. The second-order valence-electron chi connectivity index (χ2n) is 5.38. The van der Waals surface area contributed by atoms with Crippen LogP contribution in [0.15, 0.2) is 0 Å². The van der Waals surface area contributed by atoms with Crippen LogP contribution in [0.25, 0.3) is 0 Å². The van der Waals surface area contributed by atoms with E-state index in [2.05, 4.69) is 28.6 Å². The Balaban J connectivity index is 1.92. The molecule has 1 N–H and O–H groups in total. The van der Waals surface area contributed by atoms with Crippen molar-refractivity contribution < 1.29 is 0 Å². The van der Waals surface area contributed by atoms with Crippen molar-refractivity contribution in [2.45, 2.75) is 58.9 Å². The molecule has 1 aliphatic rings. The van der Waals surface area contributed by atoms with Gasteiger partial charge in [0.05, 0.1) is 0 Å². The lowest BCUT2D eigenvalue weighted by Crippen LogP contribution is -2.16. The van der Waals surface area contributed by atoms with Crippen LogP contribution >= 0.6 is 12.2 Å². The third-order valence-corrected chi connectivity index (χ3v) is 4.27. The first-order valence-electron chi connectivity index (χ1n) is 6.84. The van der Waals surface area contributed by atoms with Crippen LogP contribution < -0.4 is 0 Å². The highest BCUT2D eigenvalue weighted by molar-refractivity contribution is 7.71. The molecule has 0 spiro atoms. The Kier molecular flexibility index (Phi) is 4.37. The lowest BCUT2D eigenvalue weighted by atomic mass is 9.81. The molecule has 1 aliphatic carbocycles. The Morgan fingerprint density at radius 1 is 1.47 bits per heavy atom.